The fourth-order valence-corrected chi connectivity index (χ4v) is 1.33. The number of nitrogens with one attached hydrogen (secondary N) is 1. The van der Waals surface area contributed by atoms with Gasteiger partial charge in [-0.3, -0.25) is 0 Å². The Morgan fingerprint density at radius 2 is 2.29 bits per heavy atom. The van der Waals surface area contributed by atoms with Crippen LogP contribution in [0, 0.1) is 6.92 Å². The molecule has 0 aliphatic heterocycles. The van der Waals surface area contributed by atoms with Crippen LogP contribution in [0.5, 0.6) is 5.88 Å². The topological polar surface area (TPSA) is 73.1 Å². The molecule has 1 saturated carbocycles. The summed E-state index contributed by atoms with van der Waals surface area (Å²) in [6.45, 7) is 1.81. The fourth-order valence-electron chi connectivity index (χ4n) is 1.33. The number of hydrogen-bond acceptors (Lipinski definition) is 5. The Balaban J connectivity index is 2.11. The lowest BCUT2D eigenvalue weighted by atomic mass is 9.96. The van der Waals surface area contributed by atoms with Crippen LogP contribution in [0.15, 0.2) is 6.07 Å². The minimum Gasteiger partial charge on any atom is -0.474 e. The third kappa shape index (κ3) is 1.93. The molecule has 0 spiro atoms. The van der Waals surface area contributed by atoms with Gasteiger partial charge in [0.25, 0.3) is 0 Å². The number of nitrogen functional groups attached to an aromatic ring is 1. The highest BCUT2D eigenvalue weighted by Crippen LogP contribution is 2.24. The Morgan fingerprint density at radius 3 is 2.86 bits per heavy atom. The molecule has 1 heterocycles. The molecule has 5 heteroatoms. The maximum atomic E-state index is 5.63. The average molecular weight is 194 g/mol. The summed E-state index contributed by atoms with van der Waals surface area (Å²) in [6, 6.07) is 1.71. The van der Waals surface area contributed by atoms with Gasteiger partial charge in [0.1, 0.15) is 17.7 Å². The second kappa shape index (κ2) is 3.79. The van der Waals surface area contributed by atoms with Gasteiger partial charge in [-0.1, -0.05) is 0 Å². The lowest BCUT2D eigenvalue weighted by Gasteiger charge is -2.25. The zero-order valence-corrected chi connectivity index (χ0v) is 8.16. The smallest absolute Gasteiger partial charge is 0.219 e. The van der Waals surface area contributed by atoms with Crippen LogP contribution in [0.2, 0.25) is 0 Å². The van der Waals surface area contributed by atoms with Crippen molar-refractivity contribution in [2.45, 2.75) is 32.3 Å². The predicted molar refractivity (Wildman–Crippen MR) is 52.8 cm³/mol. The van der Waals surface area contributed by atoms with Crippen molar-refractivity contribution >= 4 is 5.82 Å². The van der Waals surface area contributed by atoms with Crippen molar-refractivity contribution in [2.75, 3.05) is 5.43 Å². The summed E-state index contributed by atoms with van der Waals surface area (Å²) in [5.74, 6) is 7.13. The number of rotatable bonds is 3. The molecule has 76 valence electrons. The first-order valence-corrected chi connectivity index (χ1v) is 4.77. The summed E-state index contributed by atoms with van der Waals surface area (Å²) in [5.41, 5.74) is 2.49. The van der Waals surface area contributed by atoms with Gasteiger partial charge in [-0.05, 0) is 26.2 Å². The van der Waals surface area contributed by atoms with E-state index in [1.165, 1.54) is 6.42 Å². The summed E-state index contributed by atoms with van der Waals surface area (Å²) < 4.78 is 5.63. The van der Waals surface area contributed by atoms with Crippen LogP contribution in [0.1, 0.15) is 25.1 Å². The van der Waals surface area contributed by atoms with Gasteiger partial charge < -0.3 is 10.2 Å². The Kier molecular flexibility index (Phi) is 2.49. The van der Waals surface area contributed by atoms with Crippen molar-refractivity contribution in [2.24, 2.45) is 5.84 Å². The molecule has 0 aromatic carbocycles. The van der Waals surface area contributed by atoms with Gasteiger partial charge in [0.05, 0.1) is 0 Å². The number of nitrogens with two attached hydrogens (primary N) is 1. The maximum Gasteiger partial charge on any atom is 0.219 e. The Hall–Kier alpha value is -1.36. The summed E-state index contributed by atoms with van der Waals surface area (Å²) in [6.07, 6.45) is 3.81. The molecule has 0 amide bonds. The van der Waals surface area contributed by atoms with Gasteiger partial charge in [0.15, 0.2) is 0 Å². The molecular formula is C9H14N4O. The molecule has 1 aromatic heterocycles. The van der Waals surface area contributed by atoms with Crippen molar-refractivity contribution in [3.05, 3.63) is 11.9 Å². The predicted octanol–water partition coefficient (Wildman–Crippen LogP) is 1.00. The molecule has 0 unspecified atom stereocenters. The van der Waals surface area contributed by atoms with Crippen LogP contribution in [0.3, 0.4) is 0 Å². The summed E-state index contributed by atoms with van der Waals surface area (Å²) in [5, 5.41) is 0. The van der Waals surface area contributed by atoms with Crippen molar-refractivity contribution in [3.8, 4) is 5.88 Å². The van der Waals surface area contributed by atoms with E-state index >= 15 is 0 Å². The number of anilines is 1. The fraction of sp³-hybridized carbons (Fsp3) is 0.556. The molecule has 1 aliphatic rings. The van der Waals surface area contributed by atoms with Crippen LogP contribution in [-0.4, -0.2) is 16.1 Å². The van der Waals surface area contributed by atoms with E-state index in [0.717, 1.165) is 12.8 Å². The first-order valence-electron chi connectivity index (χ1n) is 4.77. The van der Waals surface area contributed by atoms with Crippen LogP contribution in [-0.2, 0) is 0 Å². The molecule has 0 radical (unpaired) electrons. The van der Waals surface area contributed by atoms with Gasteiger partial charge in [-0.15, -0.1) is 0 Å². The van der Waals surface area contributed by atoms with Crippen LogP contribution >= 0.6 is 0 Å². The number of aromatic nitrogens is 2. The summed E-state index contributed by atoms with van der Waals surface area (Å²) in [4.78, 5) is 8.25. The second-order valence-electron chi connectivity index (χ2n) is 3.45. The first kappa shape index (κ1) is 9.21. The molecule has 2 rings (SSSR count). The third-order valence-corrected chi connectivity index (χ3v) is 2.30. The lowest BCUT2D eigenvalue weighted by Crippen LogP contribution is -2.25. The molecule has 0 bridgehead atoms. The SMILES string of the molecule is Cc1nc(NN)cc(OC2CCC2)n1. The Labute approximate surface area is 82.7 Å². The lowest BCUT2D eigenvalue weighted by molar-refractivity contribution is 0.114. The van der Waals surface area contributed by atoms with Gasteiger partial charge >= 0.3 is 0 Å². The van der Waals surface area contributed by atoms with Crippen molar-refractivity contribution in [1.82, 2.24) is 9.97 Å². The molecule has 14 heavy (non-hydrogen) atoms. The summed E-state index contributed by atoms with van der Waals surface area (Å²) >= 11 is 0. The monoisotopic (exact) mass is 194 g/mol. The minimum atomic E-state index is 0.329. The van der Waals surface area contributed by atoms with E-state index in [2.05, 4.69) is 15.4 Å². The Morgan fingerprint density at radius 1 is 1.50 bits per heavy atom. The highest BCUT2D eigenvalue weighted by Gasteiger charge is 2.19. The average Bonchev–Trinajstić information content (AvgIpc) is 2.10. The molecule has 1 aromatic rings. The van der Waals surface area contributed by atoms with Crippen LogP contribution < -0.4 is 16.0 Å². The van der Waals surface area contributed by atoms with E-state index in [1.54, 1.807) is 6.07 Å². The summed E-state index contributed by atoms with van der Waals surface area (Å²) in [7, 11) is 0. The number of hydrazine groups is 1. The third-order valence-electron chi connectivity index (χ3n) is 2.30. The highest BCUT2D eigenvalue weighted by atomic mass is 16.5. The van der Waals surface area contributed by atoms with Gasteiger partial charge in [-0.2, -0.15) is 4.98 Å². The van der Waals surface area contributed by atoms with E-state index in [-0.39, 0.29) is 0 Å². The van der Waals surface area contributed by atoms with E-state index in [1.807, 2.05) is 6.92 Å². The highest BCUT2D eigenvalue weighted by molar-refractivity contribution is 5.36. The van der Waals surface area contributed by atoms with E-state index in [0.29, 0.717) is 23.6 Å². The molecule has 5 nitrogen and oxygen atoms in total. The molecule has 3 N–H and O–H groups in total. The zero-order valence-electron chi connectivity index (χ0n) is 8.16. The number of aryl methyl sites for hydroxylation is 1. The molecule has 1 fully saturated rings. The van der Waals surface area contributed by atoms with Crippen molar-refractivity contribution < 1.29 is 4.74 Å². The van der Waals surface area contributed by atoms with E-state index in [9.17, 15) is 0 Å². The Bertz CT molecular complexity index is 325. The van der Waals surface area contributed by atoms with Gasteiger partial charge in [0.2, 0.25) is 5.88 Å². The van der Waals surface area contributed by atoms with E-state index < -0.39 is 0 Å². The van der Waals surface area contributed by atoms with Crippen molar-refractivity contribution in [1.29, 1.82) is 0 Å². The zero-order chi connectivity index (χ0) is 9.97. The van der Waals surface area contributed by atoms with Crippen LogP contribution in [0.4, 0.5) is 5.82 Å². The van der Waals surface area contributed by atoms with Gasteiger partial charge in [0, 0.05) is 6.07 Å². The van der Waals surface area contributed by atoms with Gasteiger partial charge in [-0.25, -0.2) is 10.8 Å². The molecule has 1 aliphatic carbocycles. The van der Waals surface area contributed by atoms with Crippen LogP contribution in [0.25, 0.3) is 0 Å². The minimum absolute atomic E-state index is 0.329. The quantitative estimate of drug-likeness (QED) is 0.554. The second-order valence-corrected chi connectivity index (χ2v) is 3.45. The number of ether oxygens (including phenoxy) is 1. The van der Waals surface area contributed by atoms with E-state index in [4.69, 9.17) is 10.6 Å². The number of hydrogen-bond donors (Lipinski definition) is 2. The largest absolute Gasteiger partial charge is 0.474 e. The van der Waals surface area contributed by atoms with Crippen molar-refractivity contribution in [3.63, 3.8) is 0 Å². The molecular weight excluding hydrogens is 180 g/mol. The molecule has 0 atom stereocenters. The normalized spacial score (nSPS) is 16.1. The maximum absolute atomic E-state index is 5.63. The first-order chi connectivity index (χ1) is 6.78. The number of nitrogens with zero attached hydrogens (tertiary/aromatic N) is 2. The standard InChI is InChI=1S/C9H14N4O/c1-6-11-8(13-10)5-9(12-6)14-7-3-2-4-7/h5,7H,2-4,10H2,1H3,(H,11,12,13). The molecule has 0 saturated heterocycles.